The fourth-order valence-electron chi connectivity index (χ4n) is 2.24. The lowest BCUT2D eigenvalue weighted by Crippen LogP contribution is -2.35. The Labute approximate surface area is 98.5 Å². The van der Waals surface area contributed by atoms with Crippen LogP contribution in [0.2, 0.25) is 0 Å². The lowest BCUT2D eigenvalue weighted by atomic mass is 9.94. The van der Waals surface area contributed by atoms with Gasteiger partial charge in [0.2, 0.25) is 0 Å². The van der Waals surface area contributed by atoms with E-state index in [0.29, 0.717) is 11.5 Å². The number of nitrogens with zero attached hydrogens (tertiary/aromatic N) is 1. The molecule has 2 rings (SSSR count). The molecule has 1 saturated carbocycles. The number of aromatic nitrogens is 1. The predicted molar refractivity (Wildman–Crippen MR) is 67.5 cm³/mol. The number of hydrogen-bond donors (Lipinski definition) is 1. The van der Waals surface area contributed by atoms with Crippen molar-refractivity contribution in [2.24, 2.45) is 5.41 Å². The van der Waals surface area contributed by atoms with Crippen molar-refractivity contribution in [2.75, 3.05) is 7.05 Å². The van der Waals surface area contributed by atoms with E-state index >= 15 is 0 Å². The maximum atomic E-state index is 4.54. The topological polar surface area (TPSA) is 24.9 Å². The third kappa shape index (κ3) is 2.43. The van der Waals surface area contributed by atoms with Crippen molar-refractivity contribution >= 4 is 0 Å². The molecule has 88 valence electrons. The summed E-state index contributed by atoms with van der Waals surface area (Å²) in [7, 11) is 2.06. The number of hydrogen-bond acceptors (Lipinski definition) is 2. The Morgan fingerprint density at radius 3 is 2.62 bits per heavy atom. The Morgan fingerprint density at radius 2 is 2.19 bits per heavy atom. The summed E-state index contributed by atoms with van der Waals surface area (Å²) < 4.78 is 0. The summed E-state index contributed by atoms with van der Waals surface area (Å²) in [6.45, 7) is 4.53. The minimum atomic E-state index is 0.514. The molecule has 1 fully saturated rings. The average molecular weight is 218 g/mol. The van der Waals surface area contributed by atoms with Gasteiger partial charge in [0, 0.05) is 24.4 Å². The monoisotopic (exact) mass is 218 g/mol. The summed E-state index contributed by atoms with van der Waals surface area (Å²) in [5, 5.41) is 3.44. The molecule has 0 radical (unpaired) electrons. The molecule has 1 aliphatic rings. The molecule has 1 aromatic heterocycles. The first kappa shape index (κ1) is 11.6. The molecule has 1 atom stereocenters. The SMILES string of the molecule is CCc1ccc(CC(NC)C2(C)CC2)nc1. The van der Waals surface area contributed by atoms with Gasteiger partial charge >= 0.3 is 0 Å². The maximum Gasteiger partial charge on any atom is 0.0419 e. The van der Waals surface area contributed by atoms with Crippen LogP contribution in [0.15, 0.2) is 18.3 Å². The summed E-state index contributed by atoms with van der Waals surface area (Å²) in [6.07, 6.45) is 6.84. The standard InChI is InChI=1S/C14H22N2/c1-4-11-5-6-12(16-10-11)9-13(15-3)14(2)7-8-14/h5-6,10,13,15H,4,7-9H2,1-3H3. The molecule has 2 heteroatoms. The van der Waals surface area contributed by atoms with Crippen LogP contribution in [0, 0.1) is 5.41 Å². The Hall–Kier alpha value is -0.890. The molecule has 1 N–H and O–H groups in total. The van der Waals surface area contributed by atoms with Crippen molar-refractivity contribution in [1.29, 1.82) is 0 Å². The minimum Gasteiger partial charge on any atom is -0.316 e. The summed E-state index contributed by atoms with van der Waals surface area (Å²) in [4.78, 5) is 4.54. The Morgan fingerprint density at radius 1 is 1.44 bits per heavy atom. The van der Waals surface area contributed by atoms with Gasteiger partial charge in [-0.2, -0.15) is 0 Å². The molecule has 1 unspecified atom stereocenters. The number of aryl methyl sites for hydroxylation is 1. The molecule has 1 aliphatic carbocycles. The molecule has 2 nitrogen and oxygen atoms in total. The first-order valence-corrected chi connectivity index (χ1v) is 6.29. The molecule has 0 bridgehead atoms. The normalized spacial score (nSPS) is 19.4. The highest BCUT2D eigenvalue weighted by molar-refractivity contribution is 5.16. The zero-order valence-corrected chi connectivity index (χ0v) is 10.6. The molecular weight excluding hydrogens is 196 g/mol. The second kappa shape index (κ2) is 4.54. The largest absolute Gasteiger partial charge is 0.316 e. The maximum absolute atomic E-state index is 4.54. The number of pyridine rings is 1. The lowest BCUT2D eigenvalue weighted by Gasteiger charge is -2.22. The van der Waals surface area contributed by atoms with E-state index in [2.05, 4.69) is 43.3 Å². The molecule has 1 aromatic rings. The van der Waals surface area contributed by atoms with E-state index in [1.807, 2.05) is 6.20 Å². The van der Waals surface area contributed by atoms with Crippen LogP contribution in [-0.2, 0) is 12.8 Å². The van der Waals surface area contributed by atoms with E-state index in [9.17, 15) is 0 Å². The smallest absolute Gasteiger partial charge is 0.0419 e. The van der Waals surface area contributed by atoms with Crippen molar-refractivity contribution in [2.45, 2.75) is 45.6 Å². The Balaban J connectivity index is 2.01. The van der Waals surface area contributed by atoms with E-state index in [4.69, 9.17) is 0 Å². The highest BCUT2D eigenvalue weighted by atomic mass is 14.9. The van der Waals surface area contributed by atoms with Crippen LogP contribution >= 0.6 is 0 Å². The van der Waals surface area contributed by atoms with Gasteiger partial charge in [-0.05, 0) is 43.4 Å². The molecule has 0 aliphatic heterocycles. The number of likely N-dealkylation sites (N-methyl/N-ethyl adjacent to an activating group) is 1. The van der Waals surface area contributed by atoms with Crippen LogP contribution in [0.5, 0.6) is 0 Å². The van der Waals surface area contributed by atoms with Crippen LogP contribution in [0.4, 0.5) is 0 Å². The van der Waals surface area contributed by atoms with Crippen LogP contribution in [0.3, 0.4) is 0 Å². The molecule has 16 heavy (non-hydrogen) atoms. The van der Waals surface area contributed by atoms with E-state index in [-0.39, 0.29) is 0 Å². The highest BCUT2D eigenvalue weighted by Gasteiger charge is 2.43. The average Bonchev–Trinajstić information content (AvgIpc) is 3.06. The van der Waals surface area contributed by atoms with Gasteiger partial charge in [0.15, 0.2) is 0 Å². The van der Waals surface area contributed by atoms with Crippen LogP contribution in [-0.4, -0.2) is 18.1 Å². The van der Waals surface area contributed by atoms with Gasteiger partial charge < -0.3 is 5.32 Å². The molecule has 0 aromatic carbocycles. The van der Waals surface area contributed by atoms with Gasteiger partial charge in [0.05, 0.1) is 0 Å². The van der Waals surface area contributed by atoms with Crippen LogP contribution in [0.25, 0.3) is 0 Å². The second-order valence-electron chi connectivity index (χ2n) is 5.21. The first-order chi connectivity index (χ1) is 7.68. The van der Waals surface area contributed by atoms with E-state index in [1.54, 1.807) is 0 Å². The van der Waals surface area contributed by atoms with E-state index < -0.39 is 0 Å². The molecule has 0 spiro atoms. The zero-order valence-electron chi connectivity index (χ0n) is 10.6. The van der Waals surface area contributed by atoms with Crippen LogP contribution < -0.4 is 5.32 Å². The van der Waals surface area contributed by atoms with Gasteiger partial charge in [0.25, 0.3) is 0 Å². The Bertz CT molecular complexity index is 338. The summed E-state index contributed by atoms with van der Waals surface area (Å²) in [6, 6.07) is 4.95. The molecular formula is C14H22N2. The summed E-state index contributed by atoms with van der Waals surface area (Å²) in [5.74, 6) is 0. The third-order valence-electron chi connectivity index (χ3n) is 3.94. The molecule has 1 heterocycles. The molecule has 0 amide bonds. The van der Waals surface area contributed by atoms with Crippen molar-refractivity contribution in [3.63, 3.8) is 0 Å². The number of rotatable bonds is 5. The van der Waals surface area contributed by atoms with Crippen LogP contribution in [0.1, 0.15) is 37.9 Å². The van der Waals surface area contributed by atoms with Crippen molar-refractivity contribution in [3.8, 4) is 0 Å². The zero-order chi connectivity index (χ0) is 11.6. The number of nitrogens with one attached hydrogen (secondary N) is 1. The Kier molecular flexibility index (Phi) is 3.29. The van der Waals surface area contributed by atoms with Gasteiger partial charge in [-0.1, -0.05) is 19.9 Å². The second-order valence-corrected chi connectivity index (χ2v) is 5.21. The third-order valence-corrected chi connectivity index (χ3v) is 3.94. The van der Waals surface area contributed by atoms with Gasteiger partial charge in [-0.25, -0.2) is 0 Å². The fourth-order valence-corrected chi connectivity index (χ4v) is 2.24. The quantitative estimate of drug-likeness (QED) is 0.821. The fraction of sp³-hybridized carbons (Fsp3) is 0.643. The van der Waals surface area contributed by atoms with E-state index in [0.717, 1.165) is 12.8 Å². The van der Waals surface area contributed by atoms with Crippen molar-refractivity contribution < 1.29 is 0 Å². The van der Waals surface area contributed by atoms with Gasteiger partial charge in [-0.15, -0.1) is 0 Å². The van der Waals surface area contributed by atoms with E-state index in [1.165, 1.54) is 24.1 Å². The minimum absolute atomic E-state index is 0.514. The highest BCUT2D eigenvalue weighted by Crippen LogP contribution is 2.48. The predicted octanol–water partition coefficient (Wildman–Crippen LogP) is 2.57. The lowest BCUT2D eigenvalue weighted by molar-refractivity contribution is 0.373. The molecule has 0 saturated heterocycles. The van der Waals surface area contributed by atoms with Crippen molar-refractivity contribution in [3.05, 3.63) is 29.6 Å². The summed E-state index contributed by atoms with van der Waals surface area (Å²) >= 11 is 0. The van der Waals surface area contributed by atoms with Crippen molar-refractivity contribution in [1.82, 2.24) is 10.3 Å². The first-order valence-electron chi connectivity index (χ1n) is 6.29. The summed E-state index contributed by atoms with van der Waals surface area (Å²) in [5.41, 5.74) is 3.05. The van der Waals surface area contributed by atoms with Gasteiger partial charge in [0.1, 0.15) is 0 Å². The van der Waals surface area contributed by atoms with Gasteiger partial charge in [-0.3, -0.25) is 4.98 Å².